The normalized spacial score (nSPS) is 15.4. The summed E-state index contributed by atoms with van der Waals surface area (Å²) in [5.74, 6) is 0. The molecule has 0 amide bonds. The highest BCUT2D eigenvalue weighted by Crippen LogP contribution is 2.07. The lowest BCUT2D eigenvalue weighted by molar-refractivity contribution is 0.626. The van der Waals surface area contributed by atoms with Gasteiger partial charge in [-0.15, -0.1) is 0 Å². The molecule has 0 rings (SSSR count). The van der Waals surface area contributed by atoms with Crippen molar-refractivity contribution in [1.29, 1.82) is 0 Å². The van der Waals surface area contributed by atoms with Gasteiger partial charge in [-0.05, 0) is 19.6 Å². The zero-order valence-electron chi connectivity index (χ0n) is 6.60. The molecule has 0 aromatic rings. The molecule has 8 heavy (non-hydrogen) atoms. The molecule has 0 spiro atoms. The summed E-state index contributed by atoms with van der Waals surface area (Å²) in [6.45, 7) is 6.98. The van der Waals surface area contributed by atoms with Crippen LogP contribution >= 0.6 is 0 Å². The molecule has 50 valence electrons. The van der Waals surface area contributed by atoms with Crippen LogP contribution in [0.2, 0.25) is 12.1 Å². The molecule has 0 fully saturated rings. The lowest BCUT2D eigenvalue weighted by Crippen LogP contribution is -2.31. The highest BCUT2D eigenvalue weighted by Gasteiger charge is 2.09. The maximum Gasteiger partial charge on any atom is 0.110 e. The Kier molecular flexibility index (Phi) is 3.32. The molecule has 0 heterocycles. The third-order valence-corrected chi connectivity index (χ3v) is 5.34. The molecular formula is C6H17NSi. The molecule has 0 aliphatic heterocycles. The highest BCUT2D eigenvalue weighted by molar-refractivity contribution is 6.55. The minimum Gasteiger partial charge on any atom is -0.331 e. The Morgan fingerprint density at radius 2 is 1.62 bits per heavy atom. The van der Waals surface area contributed by atoms with Gasteiger partial charge in [0.15, 0.2) is 0 Å². The van der Waals surface area contributed by atoms with Crippen molar-refractivity contribution in [1.82, 2.24) is 4.57 Å². The van der Waals surface area contributed by atoms with E-state index in [4.69, 9.17) is 0 Å². The fraction of sp³-hybridized carbons (Fsp3) is 1.00. The predicted molar refractivity (Wildman–Crippen MR) is 41.8 cm³/mol. The number of hydrogen-bond acceptors (Lipinski definition) is 1. The molecule has 0 aromatic carbocycles. The van der Waals surface area contributed by atoms with Crippen LogP contribution in [0.1, 0.15) is 13.8 Å². The molecule has 0 saturated carbocycles. The van der Waals surface area contributed by atoms with E-state index in [2.05, 4.69) is 39.1 Å². The third-order valence-electron chi connectivity index (χ3n) is 1.78. The van der Waals surface area contributed by atoms with Crippen molar-refractivity contribution < 1.29 is 0 Å². The van der Waals surface area contributed by atoms with E-state index < -0.39 is 8.96 Å². The molecule has 2 heteroatoms. The van der Waals surface area contributed by atoms with Crippen molar-refractivity contribution >= 4 is 8.96 Å². The van der Waals surface area contributed by atoms with E-state index in [0.717, 1.165) is 5.54 Å². The van der Waals surface area contributed by atoms with Crippen molar-refractivity contribution in [2.75, 3.05) is 14.1 Å². The smallest absolute Gasteiger partial charge is 0.110 e. The van der Waals surface area contributed by atoms with E-state index in [1.54, 1.807) is 0 Å². The third kappa shape index (κ3) is 2.48. The first-order valence-electron chi connectivity index (χ1n) is 3.22. The van der Waals surface area contributed by atoms with Crippen LogP contribution in [0.4, 0.5) is 0 Å². The molecule has 0 saturated heterocycles. The van der Waals surface area contributed by atoms with E-state index in [-0.39, 0.29) is 0 Å². The molecule has 0 bridgehead atoms. The molecule has 0 radical (unpaired) electrons. The second kappa shape index (κ2) is 3.25. The van der Waals surface area contributed by atoms with Gasteiger partial charge in [0.1, 0.15) is 8.96 Å². The van der Waals surface area contributed by atoms with Gasteiger partial charge in [-0.3, -0.25) is 0 Å². The Bertz CT molecular complexity index is 53.5. The fourth-order valence-corrected chi connectivity index (χ4v) is 1.79. The highest BCUT2D eigenvalue weighted by atomic mass is 28.3. The van der Waals surface area contributed by atoms with Crippen LogP contribution in [0.5, 0.6) is 0 Å². The summed E-state index contributed by atoms with van der Waals surface area (Å²) in [5.41, 5.74) is 0.907. The average Bonchev–Trinajstić information content (AvgIpc) is 1.64. The maximum atomic E-state index is 2.38. The van der Waals surface area contributed by atoms with Gasteiger partial charge in [0.2, 0.25) is 0 Å². The zero-order valence-corrected chi connectivity index (χ0v) is 7.76. The summed E-state index contributed by atoms with van der Waals surface area (Å²) in [6, 6.07) is 0. The van der Waals surface area contributed by atoms with E-state index in [1.807, 2.05) is 0 Å². The van der Waals surface area contributed by atoms with Crippen molar-refractivity contribution in [3.05, 3.63) is 0 Å². The molecule has 1 unspecified atom stereocenters. The van der Waals surface area contributed by atoms with Crippen molar-refractivity contribution in [3.63, 3.8) is 0 Å². The molecule has 0 aliphatic carbocycles. The van der Waals surface area contributed by atoms with Crippen molar-refractivity contribution in [2.45, 2.75) is 25.9 Å². The fourth-order valence-electron chi connectivity index (χ4n) is 0.596. The second-order valence-electron chi connectivity index (χ2n) is 2.95. The van der Waals surface area contributed by atoms with Gasteiger partial charge in [-0.1, -0.05) is 20.4 Å². The standard InChI is InChI=1S/C6H17NSi/c1-6(2)8(5)7(3)4/h6,8H,1-5H3. The Morgan fingerprint density at radius 3 is 1.62 bits per heavy atom. The maximum absolute atomic E-state index is 2.38. The van der Waals surface area contributed by atoms with Crippen LogP contribution in [-0.4, -0.2) is 27.6 Å². The predicted octanol–water partition coefficient (Wildman–Crippen LogP) is 1.31. The number of rotatable bonds is 2. The average molecular weight is 131 g/mol. The molecule has 1 nitrogen and oxygen atoms in total. The van der Waals surface area contributed by atoms with Gasteiger partial charge in [0.05, 0.1) is 0 Å². The summed E-state index contributed by atoms with van der Waals surface area (Å²) in [4.78, 5) is 0. The van der Waals surface area contributed by atoms with Gasteiger partial charge in [-0.25, -0.2) is 0 Å². The van der Waals surface area contributed by atoms with Crippen LogP contribution in [0.15, 0.2) is 0 Å². The van der Waals surface area contributed by atoms with Gasteiger partial charge in [0.25, 0.3) is 0 Å². The first kappa shape index (κ1) is 8.18. The van der Waals surface area contributed by atoms with Gasteiger partial charge < -0.3 is 4.57 Å². The summed E-state index contributed by atoms with van der Waals surface area (Å²) in [5, 5.41) is 0. The lowest BCUT2D eigenvalue weighted by atomic mass is 10.6. The van der Waals surface area contributed by atoms with Gasteiger partial charge >= 0.3 is 0 Å². The van der Waals surface area contributed by atoms with E-state index in [9.17, 15) is 0 Å². The second-order valence-corrected chi connectivity index (χ2v) is 6.80. The van der Waals surface area contributed by atoms with Crippen LogP contribution in [0.3, 0.4) is 0 Å². The number of nitrogens with zero attached hydrogens (tertiary/aromatic N) is 1. The summed E-state index contributed by atoms with van der Waals surface area (Å²) in [7, 11) is 3.84. The van der Waals surface area contributed by atoms with Crippen LogP contribution in [-0.2, 0) is 0 Å². The Morgan fingerprint density at radius 1 is 1.25 bits per heavy atom. The van der Waals surface area contributed by atoms with Crippen molar-refractivity contribution in [3.8, 4) is 0 Å². The van der Waals surface area contributed by atoms with E-state index >= 15 is 0 Å². The molecule has 0 N–H and O–H groups in total. The number of hydrogen-bond donors (Lipinski definition) is 0. The topological polar surface area (TPSA) is 3.24 Å². The zero-order chi connectivity index (χ0) is 6.73. The first-order valence-corrected chi connectivity index (χ1v) is 5.56. The molecule has 0 aliphatic rings. The summed E-state index contributed by atoms with van der Waals surface area (Å²) < 4.78 is 2.38. The monoisotopic (exact) mass is 131 g/mol. The minimum absolute atomic E-state index is 0.515. The van der Waals surface area contributed by atoms with Crippen LogP contribution in [0.25, 0.3) is 0 Å². The summed E-state index contributed by atoms with van der Waals surface area (Å²) >= 11 is 0. The van der Waals surface area contributed by atoms with Crippen LogP contribution < -0.4 is 0 Å². The largest absolute Gasteiger partial charge is 0.331 e. The Balaban J connectivity index is 3.46. The van der Waals surface area contributed by atoms with Gasteiger partial charge in [0, 0.05) is 0 Å². The Hall–Kier alpha value is 0.177. The van der Waals surface area contributed by atoms with Gasteiger partial charge in [-0.2, -0.15) is 0 Å². The summed E-state index contributed by atoms with van der Waals surface area (Å²) in [6.07, 6.45) is 0. The Labute approximate surface area is 54.4 Å². The van der Waals surface area contributed by atoms with Crippen LogP contribution in [0, 0.1) is 0 Å². The van der Waals surface area contributed by atoms with E-state index in [0.29, 0.717) is 0 Å². The van der Waals surface area contributed by atoms with Crippen molar-refractivity contribution in [2.24, 2.45) is 0 Å². The van der Waals surface area contributed by atoms with E-state index in [1.165, 1.54) is 0 Å². The minimum atomic E-state index is -0.515. The SMILES string of the molecule is CC(C)[SiH](C)N(C)C. The lowest BCUT2D eigenvalue weighted by Gasteiger charge is -2.21. The quantitative estimate of drug-likeness (QED) is 0.511. The molecule has 1 atom stereocenters. The molecular weight excluding hydrogens is 114 g/mol. The first-order chi connectivity index (χ1) is 3.55. The molecule has 0 aromatic heterocycles.